The highest BCUT2D eigenvalue weighted by Gasteiger charge is 2.15. The summed E-state index contributed by atoms with van der Waals surface area (Å²) in [6, 6.07) is 2.41. The highest BCUT2D eigenvalue weighted by molar-refractivity contribution is 5.91. The number of halogens is 1. The molecule has 0 spiro atoms. The minimum Gasteiger partial charge on any atom is -0.504 e. The van der Waals surface area contributed by atoms with E-state index in [2.05, 4.69) is 5.32 Å². The smallest absolute Gasteiger partial charge is 0.339 e. The summed E-state index contributed by atoms with van der Waals surface area (Å²) in [5, 5.41) is 20.7. The van der Waals surface area contributed by atoms with Crippen molar-refractivity contribution in [3.05, 3.63) is 29.1 Å². The summed E-state index contributed by atoms with van der Waals surface area (Å²) in [4.78, 5) is 10.7. The summed E-state index contributed by atoms with van der Waals surface area (Å²) in [5.74, 6) is -3.05. The lowest BCUT2D eigenvalue weighted by atomic mass is 10.1. The standard InChI is InChI=1S/C10H12FNO3/c1-12-3-2-6-4-7(10(14)15)9(13)8(11)5-6/h4-5,12-13H,2-3H2,1H3,(H,14,15). The van der Waals surface area contributed by atoms with Gasteiger partial charge in [0.25, 0.3) is 0 Å². The Bertz CT molecular complexity index is 379. The molecule has 0 fully saturated rings. The van der Waals surface area contributed by atoms with Crippen LogP contribution in [-0.4, -0.2) is 29.8 Å². The molecule has 82 valence electrons. The van der Waals surface area contributed by atoms with Gasteiger partial charge in [0.05, 0.1) is 0 Å². The van der Waals surface area contributed by atoms with Crippen LogP contribution in [0.5, 0.6) is 5.75 Å². The molecule has 1 rings (SSSR count). The number of hydrogen-bond donors (Lipinski definition) is 3. The molecule has 0 saturated heterocycles. The molecule has 0 aliphatic heterocycles. The van der Waals surface area contributed by atoms with Gasteiger partial charge in [-0.2, -0.15) is 0 Å². The molecule has 3 N–H and O–H groups in total. The molecule has 5 heteroatoms. The van der Waals surface area contributed by atoms with Crippen LogP contribution >= 0.6 is 0 Å². The first-order valence-corrected chi connectivity index (χ1v) is 4.45. The third-order valence-electron chi connectivity index (χ3n) is 2.02. The van der Waals surface area contributed by atoms with E-state index in [1.54, 1.807) is 7.05 Å². The number of phenols is 1. The second-order valence-corrected chi connectivity index (χ2v) is 3.13. The minimum absolute atomic E-state index is 0.402. The topological polar surface area (TPSA) is 69.6 Å². The number of aromatic hydroxyl groups is 1. The number of carboxylic acids is 1. The molecule has 0 atom stereocenters. The summed E-state index contributed by atoms with van der Waals surface area (Å²) in [7, 11) is 1.74. The summed E-state index contributed by atoms with van der Waals surface area (Å²) in [6.07, 6.45) is 0.508. The maximum Gasteiger partial charge on any atom is 0.339 e. The molecule has 0 radical (unpaired) electrons. The number of carboxylic acid groups (broad SMARTS) is 1. The van der Waals surface area contributed by atoms with E-state index in [0.29, 0.717) is 18.5 Å². The normalized spacial score (nSPS) is 10.3. The van der Waals surface area contributed by atoms with Gasteiger partial charge >= 0.3 is 5.97 Å². The molecule has 0 aliphatic rings. The Morgan fingerprint density at radius 2 is 2.20 bits per heavy atom. The second kappa shape index (κ2) is 4.75. The van der Waals surface area contributed by atoms with Gasteiger partial charge in [0.1, 0.15) is 5.56 Å². The average molecular weight is 213 g/mol. The average Bonchev–Trinajstić information content (AvgIpc) is 2.19. The number of hydrogen-bond acceptors (Lipinski definition) is 3. The number of rotatable bonds is 4. The lowest BCUT2D eigenvalue weighted by Gasteiger charge is -2.05. The summed E-state index contributed by atoms with van der Waals surface area (Å²) < 4.78 is 13.1. The molecular formula is C10H12FNO3. The second-order valence-electron chi connectivity index (χ2n) is 3.13. The Labute approximate surface area is 86.4 Å². The fourth-order valence-corrected chi connectivity index (χ4v) is 1.23. The predicted octanol–water partition coefficient (Wildman–Crippen LogP) is 0.991. The van der Waals surface area contributed by atoms with E-state index < -0.39 is 23.1 Å². The Morgan fingerprint density at radius 3 is 2.73 bits per heavy atom. The number of nitrogens with one attached hydrogen (secondary N) is 1. The van der Waals surface area contributed by atoms with E-state index in [0.717, 1.165) is 6.07 Å². The van der Waals surface area contributed by atoms with E-state index in [-0.39, 0.29) is 0 Å². The zero-order chi connectivity index (χ0) is 11.4. The van der Waals surface area contributed by atoms with Crippen LogP contribution in [0.4, 0.5) is 4.39 Å². The molecule has 0 aliphatic carbocycles. The summed E-state index contributed by atoms with van der Waals surface area (Å²) in [5.41, 5.74) is 0.137. The van der Waals surface area contributed by atoms with Crippen LogP contribution in [0.1, 0.15) is 15.9 Å². The van der Waals surface area contributed by atoms with Gasteiger partial charge in [-0.05, 0) is 37.7 Å². The van der Waals surface area contributed by atoms with Crippen molar-refractivity contribution in [3.8, 4) is 5.75 Å². The van der Waals surface area contributed by atoms with Gasteiger partial charge in [0, 0.05) is 0 Å². The fraction of sp³-hybridized carbons (Fsp3) is 0.300. The largest absolute Gasteiger partial charge is 0.504 e. The van der Waals surface area contributed by atoms with Crippen LogP contribution in [0.15, 0.2) is 12.1 Å². The lowest BCUT2D eigenvalue weighted by molar-refractivity contribution is 0.0692. The highest BCUT2D eigenvalue weighted by atomic mass is 19.1. The van der Waals surface area contributed by atoms with Gasteiger partial charge in [-0.15, -0.1) is 0 Å². The van der Waals surface area contributed by atoms with Crippen LogP contribution < -0.4 is 5.32 Å². The first-order chi connectivity index (χ1) is 7.06. The van der Waals surface area contributed by atoms with Crippen molar-refractivity contribution < 1.29 is 19.4 Å². The molecule has 1 aromatic carbocycles. The van der Waals surface area contributed by atoms with Crippen LogP contribution in [0.25, 0.3) is 0 Å². The third kappa shape index (κ3) is 2.66. The van der Waals surface area contributed by atoms with Gasteiger partial charge in [0.2, 0.25) is 0 Å². The Morgan fingerprint density at radius 1 is 1.53 bits per heavy atom. The summed E-state index contributed by atoms with van der Waals surface area (Å²) in [6.45, 7) is 0.614. The molecule has 0 heterocycles. The minimum atomic E-state index is -1.34. The number of likely N-dealkylation sites (N-methyl/N-ethyl adjacent to an activating group) is 1. The predicted molar refractivity (Wildman–Crippen MR) is 52.7 cm³/mol. The molecule has 0 unspecified atom stereocenters. The SMILES string of the molecule is CNCCc1cc(F)c(O)c(C(=O)O)c1. The number of carbonyl (C=O) groups is 1. The van der Waals surface area contributed by atoms with Crippen molar-refractivity contribution >= 4 is 5.97 Å². The van der Waals surface area contributed by atoms with Gasteiger partial charge in [0.15, 0.2) is 11.6 Å². The zero-order valence-corrected chi connectivity index (χ0v) is 8.25. The molecular weight excluding hydrogens is 201 g/mol. The molecule has 0 saturated carbocycles. The van der Waals surface area contributed by atoms with Crippen molar-refractivity contribution in [2.24, 2.45) is 0 Å². The Hall–Kier alpha value is -1.62. The Kier molecular flexibility index (Phi) is 3.62. The van der Waals surface area contributed by atoms with Crippen molar-refractivity contribution in [2.75, 3.05) is 13.6 Å². The molecule has 0 bridgehead atoms. The molecule has 1 aromatic rings. The van der Waals surface area contributed by atoms with E-state index in [1.807, 2.05) is 0 Å². The lowest BCUT2D eigenvalue weighted by Crippen LogP contribution is -2.11. The third-order valence-corrected chi connectivity index (χ3v) is 2.02. The maximum atomic E-state index is 13.1. The monoisotopic (exact) mass is 213 g/mol. The van der Waals surface area contributed by atoms with E-state index in [1.165, 1.54) is 6.07 Å². The van der Waals surface area contributed by atoms with Crippen LogP contribution in [0.2, 0.25) is 0 Å². The van der Waals surface area contributed by atoms with Gasteiger partial charge in [-0.1, -0.05) is 0 Å². The molecule has 15 heavy (non-hydrogen) atoms. The van der Waals surface area contributed by atoms with Crippen molar-refractivity contribution in [3.63, 3.8) is 0 Å². The van der Waals surface area contributed by atoms with Crippen LogP contribution in [0, 0.1) is 5.82 Å². The zero-order valence-electron chi connectivity index (χ0n) is 8.25. The number of aromatic carboxylic acids is 1. The summed E-state index contributed by atoms with van der Waals surface area (Å²) >= 11 is 0. The fourth-order valence-electron chi connectivity index (χ4n) is 1.23. The van der Waals surface area contributed by atoms with Crippen LogP contribution in [-0.2, 0) is 6.42 Å². The number of benzene rings is 1. The van der Waals surface area contributed by atoms with Gasteiger partial charge in [-0.25, -0.2) is 9.18 Å². The Balaban J connectivity index is 3.06. The first kappa shape index (κ1) is 11.5. The molecule has 0 amide bonds. The van der Waals surface area contributed by atoms with E-state index in [9.17, 15) is 9.18 Å². The quantitative estimate of drug-likeness (QED) is 0.697. The molecule has 0 aromatic heterocycles. The van der Waals surface area contributed by atoms with Crippen molar-refractivity contribution in [1.29, 1.82) is 0 Å². The van der Waals surface area contributed by atoms with Crippen molar-refractivity contribution in [2.45, 2.75) is 6.42 Å². The van der Waals surface area contributed by atoms with E-state index in [4.69, 9.17) is 10.2 Å². The molecule has 4 nitrogen and oxygen atoms in total. The highest BCUT2D eigenvalue weighted by Crippen LogP contribution is 2.23. The first-order valence-electron chi connectivity index (χ1n) is 4.45. The van der Waals surface area contributed by atoms with Gasteiger partial charge < -0.3 is 15.5 Å². The van der Waals surface area contributed by atoms with Gasteiger partial charge in [-0.3, -0.25) is 0 Å². The van der Waals surface area contributed by atoms with Crippen LogP contribution in [0.3, 0.4) is 0 Å². The van der Waals surface area contributed by atoms with E-state index >= 15 is 0 Å². The maximum absolute atomic E-state index is 13.1. The van der Waals surface area contributed by atoms with Crippen molar-refractivity contribution in [1.82, 2.24) is 5.32 Å².